The van der Waals surface area contributed by atoms with Gasteiger partial charge in [-0.1, -0.05) is 32.0 Å². The highest BCUT2D eigenvalue weighted by Crippen LogP contribution is 2.31. The Morgan fingerprint density at radius 2 is 1.89 bits per heavy atom. The zero-order chi connectivity index (χ0) is 13.0. The molecule has 0 heterocycles. The van der Waals surface area contributed by atoms with Crippen molar-refractivity contribution in [1.29, 1.82) is 5.26 Å². The number of para-hydroxylation sites is 1. The van der Waals surface area contributed by atoms with Crippen LogP contribution < -0.4 is 5.32 Å². The highest BCUT2D eigenvalue weighted by molar-refractivity contribution is 5.58. The molecule has 0 saturated heterocycles. The highest BCUT2D eigenvalue weighted by Gasteiger charge is 2.27. The molecule has 1 aliphatic rings. The zero-order valence-corrected chi connectivity index (χ0v) is 11.4. The maximum absolute atomic E-state index is 9.18. The molecule has 0 radical (unpaired) electrons. The van der Waals surface area contributed by atoms with Crippen molar-refractivity contribution in [1.82, 2.24) is 0 Å². The van der Waals surface area contributed by atoms with Crippen molar-refractivity contribution < 1.29 is 0 Å². The number of hydrogen-bond donors (Lipinski definition) is 1. The fourth-order valence-electron chi connectivity index (χ4n) is 2.90. The summed E-state index contributed by atoms with van der Waals surface area (Å²) in [4.78, 5) is 0. The number of aryl methyl sites for hydroxylation is 2. The Bertz CT molecular complexity index is 423. The van der Waals surface area contributed by atoms with Crippen molar-refractivity contribution in [2.24, 2.45) is 5.92 Å². The van der Waals surface area contributed by atoms with E-state index in [4.69, 9.17) is 0 Å². The third-order valence-corrected chi connectivity index (χ3v) is 4.01. The van der Waals surface area contributed by atoms with Crippen LogP contribution in [0.25, 0.3) is 0 Å². The molecule has 2 rings (SSSR count). The first-order valence-corrected chi connectivity index (χ1v) is 7.07. The Balaban J connectivity index is 2.25. The van der Waals surface area contributed by atoms with Gasteiger partial charge in [-0.05, 0) is 43.2 Å². The lowest BCUT2D eigenvalue weighted by atomic mass is 10.00. The van der Waals surface area contributed by atoms with E-state index < -0.39 is 0 Å². The van der Waals surface area contributed by atoms with Crippen molar-refractivity contribution in [3.63, 3.8) is 0 Å². The van der Waals surface area contributed by atoms with Crippen LogP contribution >= 0.6 is 0 Å². The van der Waals surface area contributed by atoms with Crippen LogP contribution in [0.1, 0.15) is 44.2 Å². The molecule has 0 spiro atoms. The first-order valence-electron chi connectivity index (χ1n) is 7.07. The molecule has 0 amide bonds. The molecule has 0 aliphatic heterocycles. The molecule has 2 heteroatoms. The maximum Gasteiger partial charge on any atom is 0.0677 e. The first kappa shape index (κ1) is 13.0. The van der Waals surface area contributed by atoms with Crippen LogP contribution in [0.2, 0.25) is 0 Å². The van der Waals surface area contributed by atoms with E-state index in [1.807, 2.05) is 0 Å². The SMILES string of the molecule is CCc1cccc(CC)c1NC1CCCC1C#N. The summed E-state index contributed by atoms with van der Waals surface area (Å²) in [6.07, 6.45) is 5.43. The number of rotatable bonds is 4. The summed E-state index contributed by atoms with van der Waals surface area (Å²) < 4.78 is 0. The second-order valence-electron chi connectivity index (χ2n) is 5.08. The molecular weight excluding hydrogens is 220 g/mol. The van der Waals surface area contributed by atoms with Crippen molar-refractivity contribution in [2.45, 2.75) is 52.0 Å². The molecule has 0 bridgehead atoms. The molecule has 1 saturated carbocycles. The highest BCUT2D eigenvalue weighted by atomic mass is 14.9. The summed E-state index contributed by atoms with van der Waals surface area (Å²) in [6, 6.07) is 9.31. The number of nitrogens with zero attached hydrogens (tertiary/aromatic N) is 1. The van der Waals surface area contributed by atoms with E-state index in [9.17, 15) is 5.26 Å². The van der Waals surface area contributed by atoms with E-state index in [0.717, 1.165) is 25.7 Å². The first-order chi connectivity index (χ1) is 8.80. The van der Waals surface area contributed by atoms with Crippen molar-refractivity contribution in [2.75, 3.05) is 5.32 Å². The Morgan fingerprint density at radius 1 is 1.22 bits per heavy atom. The molecule has 96 valence electrons. The standard InChI is InChI=1S/C16H22N2/c1-3-12-7-5-8-13(4-2)16(12)18-15-10-6-9-14(15)11-17/h5,7-8,14-15,18H,3-4,6,9-10H2,1-2H3. The summed E-state index contributed by atoms with van der Waals surface area (Å²) in [5.41, 5.74) is 4.03. The number of nitrogens with one attached hydrogen (secondary N) is 1. The third-order valence-electron chi connectivity index (χ3n) is 4.01. The van der Waals surface area contributed by atoms with E-state index in [2.05, 4.69) is 43.4 Å². The van der Waals surface area contributed by atoms with Crippen LogP contribution in [0.3, 0.4) is 0 Å². The van der Waals surface area contributed by atoms with Crippen LogP contribution in [0.5, 0.6) is 0 Å². The van der Waals surface area contributed by atoms with Gasteiger partial charge in [0, 0.05) is 11.7 Å². The molecule has 1 aromatic carbocycles. The van der Waals surface area contributed by atoms with Gasteiger partial charge in [0.2, 0.25) is 0 Å². The van der Waals surface area contributed by atoms with Crippen molar-refractivity contribution >= 4 is 5.69 Å². The van der Waals surface area contributed by atoms with Crippen LogP contribution in [0.4, 0.5) is 5.69 Å². The lowest BCUT2D eigenvalue weighted by Crippen LogP contribution is -2.24. The van der Waals surface area contributed by atoms with Crippen molar-refractivity contribution in [3.8, 4) is 6.07 Å². The molecule has 2 unspecified atom stereocenters. The van der Waals surface area contributed by atoms with Gasteiger partial charge < -0.3 is 5.32 Å². The fourth-order valence-corrected chi connectivity index (χ4v) is 2.90. The molecule has 1 aromatic rings. The minimum Gasteiger partial charge on any atom is -0.381 e. The average Bonchev–Trinajstić information content (AvgIpc) is 2.86. The molecule has 1 fully saturated rings. The molecule has 2 atom stereocenters. The van der Waals surface area contributed by atoms with Crippen LogP contribution in [0, 0.1) is 17.2 Å². The second kappa shape index (κ2) is 5.91. The van der Waals surface area contributed by atoms with Gasteiger partial charge in [0.1, 0.15) is 0 Å². The van der Waals surface area contributed by atoms with E-state index >= 15 is 0 Å². The predicted molar refractivity (Wildman–Crippen MR) is 75.6 cm³/mol. The summed E-state index contributed by atoms with van der Waals surface area (Å²) in [6.45, 7) is 4.38. The lowest BCUT2D eigenvalue weighted by molar-refractivity contribution is 0.628. The van der Waals surface area contributed by atoms with Gasteiger partial charge in [-0.3, -0.25) is 0 Å². The predicted octanol–water partition coefficient (Wildman–Crippen LogP) is 3.92. The Morgan fingerprint density at radius 3 is 2.44 bits per heavy atom. The summed E-state index contributed by atoms with van der Waals surface area (Å²) in [7, 11) is 0. The van der Waals surface area contributed by atoms with E-state index in [1.165, 1.54) is 23.2 Å². The Hall–Kier alpha value is -1.49. The van der Waals surface area contributed by atoms with E-state index in [1.54, 1.807) is 0 Å². The number of nitriles is 1. The summed E-state index contributed by atoms with van der Waals surface area (Å²) in [5, 5.41) is 12.8. The van der Waals surface area contributed by atoms with Gasteiger partial charge >= 0.3 is 0 Å². The molecular formula is C16H22N2. The monoisotopic (exact) mass is 242 g/mol. The Kier molecular flexibility index (Phi) is 4.25. The van der Waals surface area contributed by atoms with Gasteiger partial charge in [-0.2, -0.15) is 5.26 Å². The largest absolute Gasteiger partial charge is 0.381 e. The van der Waals surface area contributed by atoms with E-state index in [0.29, 0.717) is 6.04 Å². The molecule has 1 N–H and O–H groups in total. The molecule has 1 aliphatic carbocycles. The number of hydrogen-bond acceptors (Lipinski definition) is 2. The Labute approximate surface area is 110 Å². The van der Waals surface area contributed by atoms with Gasteiger partial charge in [0.25, 0.3) is 0 Å². The summed E-state index contributed by atoms with van der Waals surface area (Å²) in [5.74, 6) is 0.180. The topological polar surface area (TPSA) is 35.8 Å². The van der Waals surface area contributed by atoms with E-state index in [-0.39, 0.29) is 5.92 Å². The summed E-state index contributed by atoms with van der Waals surface area (Å²) >= 11 is 0. The normalized spacial score (nSPS) is 22.7. The van der Waals surface area contributed by atoms with Gasteiger partial charge in [-0.25, -0.2) is 0 Å². The second-order valence-corrected chi connectivity index (χ2v) is 5.08. The van der Waals surface area contributed by atoms with Gasteiger partial charge in [0.15, 0.2) is 0 Å². The molecule has 0 aromatic heterocycles. The van der Waals surface area contributed by atoms with Crippen molar-refractivity contribution in [3.05, 3.63) is 29.3 Å². The minimum atomic E-state index is 0.180. The lowest BCUT2D eigenvalue weighted by Gasteiger charge is -2.22. The third kappa shape index (κ3) is 2.51. The van der Waals surface area contributed by atoms with Crippen LogP contribution in [0.15, 0.2) is 18.2 Å². The van der Waals surface area contributed by atoms with Gasteiger partial charge in [0.05, 0.1) is 12.0 Å². The van der Waals surface area contributed by atoms with Crippen LogP contribution in [-0.4, -0.2) is 6.04 Å². The maximum atomic E-state index is 9.18. The fraction of sp³-hybridized carbons (Fsp3) is 0.562. The van der Waals surface area contributed by atoms with Gasteiger partial charge in [-0.15, -0.1) is 0 Å². The molecule has 2 nitrogen and oxygen atoms in total. The quantitative estimate of drug-likeness (QED) is 0.868. The smallest absolute Gasteiger partial charge is 0.0677 e. The minimum absolute atomic E-state index is 0.180. The number of benzene rings is 1. The number of anilines is 1. The average molecular weight is 242 g/mol. The van der Waals surface area contributed by atoms with Crippen LogP contribution in [-0.2, 0) is 12.8 Å². The zero-order valence-electron chi connectivity index (χ0n) is 11.4. The molecule has 18 heavy (non-hydrogen) atoms.